The Morgan fingerprint density at radius 1 is 1.14 bits per heavy atom. The number of carbonyl (C=O) groups is 3. The first-order valence-corrected chi connectivity index (χ1v) is 9.45. The predicted molar refractivity (Wildman–Crippen MR) is 106 cm³/mol. The summed E-state index contributed by atoms with van der Waals surface area (Å²) in [7, 11) is 1.52. The summed E-state index contributed by atoms with van der Waals surface area (Å²) in [6, 6.07) is 4.89. The summed E-state index contributed by atoms with van der Waals surface area (Å²) in [5, 5.41) is 14.6. The van der Waals surface area contributed by atoms with Gasteiger partial charge in [0.15, 0.2) is 0 Å². The van der Waals surface area contributed by atoms with Crippen LogP contribution >= 0.6 is 0 Å². The summed E-state index contributed by atoms with van der Waals surface area (Å²) < 4.78 is 5.03. The predicted octanol–water partition coefficient (Wildman–Crippen LogP) is 1.54. The van der Waals surface area contributed by atoms with Crippen molar-refractivity contribution >= 4 is 17.8 Å². The standard InChI is InChI=1S/C20H31N3O5/c1-13(2)12-16(21)19(25)22-11-5-4-6-17(20(26)27)23-18(24)14-7-9-15(28-3)10-8-14/h7-10,13,16-17H,4-6,11-12,21H2,1-3H3,(H,22,25)(H,23,24)(H,26,27)/t16-,17-/m0/s1. The Kier molecular flexibility index (Phi) is 10.0. The molecule has 0 aliphatic carbocycles. The molecule has 1 rings (SSSR count). The number of carboxylic acids is 1. The molecule has 8 nitrogen and oxygen atoms in total. The molecule has 0 fully saturated rings. The topological polar surface area (TPSA) is 131 Å². The Morgan fingerprint density at radius 2 is 1.79 bits per heavy atom. The van der Waals surface area contributed by atoms with Gasteiger partial charge in [0, 0.05) is 12.1 Å². The van der Waals surface area contributed by atoms with E-state index in [1.165, 1.54) is 7.11 Å². The number of rotatable bonds is 12. The number of unbranched alkanes of at least 4 members (excludes halogenated alkanes) is 1. The third-order valence-electron chi connectivity index (χ3n) is 4.24. The van der Waals surface area contributed by atoms with Gasteiger partial charge in [-0.15, -0.1) is 0 Å². The van der Waals surface area contributed by atoms with Crippen LogP contribution in [0.25, 0.3) is 0 Å². The quantitative estimate of drug-likeness (QED) is 0.398. The molecule has 2 atom stereocenters. The van der Waals surface area contributed by atoms with Gasteiger partial charge in [-0.1, -0.05) is 13.8 Å². The van der Waals surface area contributed by atoms with Gasteiger partial charge >= 0.3 is 5.97 Å². The van der Waals surface area contributed by atoms with Crippen molar-refractivity contribution in [2.24, 2.45) is 11.7 Å². The van der Waals surface area contributed by atoms with Crippen LogP contribution in [-0.4, -0.2) is 48.6 Å². The van der Waals surface area contributed by atoms with E-state index in [-0.39, 0.29) is 12.3 Å². The molecular formula is C20H31N3O5. The zero-order valence-corrected chi connectivity index (χ0v) is 16.7. The maximum Gasteiger partial charge on any atom is 0.326 e. The normalized spacial score (nSPS) is 12.9. The molecule has 1 aromatic carbocycles. The van der Waals surface area contributed by atoms with Crippen LogP contribution in [0.2, 0.25) is 0 Å². The van der Waals surface area contributed by atoms with Gasteiger partial charge in [-0.25, -0.2) is 4.79 Å². The number of nitrogens with one attached hydrogen (secondary N) is 2. The lowest BCUT2D eigenvalue weighted by atomic mass is 10.0. The summed E-state index contributed by atoms with van der Waals surface area (Å²) in [6.45, 7) is 4.42. The highest BCUT2D eigenvalue weighted by atomic mass is 16.5. The van der Waals surface area contributed by atoms with E-state index in [1.807, 2.05) is 13.8 Å². The van der Waals surface area contributed by atoms with Crippen molar-refractivity contribution in [1.29, 1.82) is 0 Å². The minimum atomic E-state index is -1.09. The van der Waals surface area contributed by atoms with Crippen LogP contribution in [0, 0.1) is 5.92 Å². The molecule has 2 amide bonds. The minimum Gasteiger partial charge on any atom is -0.497 e. The van der Waals surface area contributed by atoms with E-state index in [0.717, 1.165) is 0 Å². The number of amides is 2. The number of nitrogens with two attached hydrogens (primary N) is 1. The van der Waals surface area contributed by atoms with Crippen molar-refractivity contribution in [3.63, 3.8) is 0 Å². The molecule has 8 heteroatoms. The monoisotopic (exact) mass is 393 g/mol. The summed E-state index contributed by atoms with van der Waals surface area (Å²) in [4.78, 5) is 35.5. The largest absolute Gasteiger partial charge is 0.497 e. The second-order valence-electron chi connectivity index (χ2n) is 7.12. The molecule has 0 radical (unpaired) electrons. The molecule has 156 valence electrons. The fraction of sp³-hybridized carbons (Fsp3) is 0.550. The van der Waals surface area contributed by atoms with Crippen LogP contribution < -0.4 is 21.1 Å². The molecule has 0 saturated carbocycles. The van der Waals surface area contributed by atoms with Crippen molar-refractivity contribution in [3.8, 4) is 5.75 Å². The molecule has 0 saturated heterocycles. The second-order valence-corrected chi connectivity index (χ2v) is 7.12. The molecule has 0 spiro atoms. The van der Waals surface area contributed by atoms with E-state index in [4.69, 9.17) is 10.5 Å². The summed E-state index contributed by atoms with van der Waals surface area (Å²) in [6.07, 6.45) is 2.03. The molecule has 0 aliphatic heterocycles. The van der Waals surface area contributed by atoms with Gasteiger partial charge in [0.05, 0.1) is 13.2 Å². The van der Waals surface area contributed by atoms with Crippen molar-refractivity contribution in [2.75, 3.05) is 13.7 Å². The lowest BCUT2D eigenvalue weighted by Gasteiger charge is -2.16. The van der Waals surface area contributed by atoms with E-state index in [1.54, 1.807) is 24.3 Å². The van der Waals surface area contributed by atoms with Gasteiger partial charge in [0.1, 0.15) is 11.8 Å². The second kappa shape index (κ2) is 12.0. The highest BCUT2D eigenvalue weighted by molar-refractivity contribution is 5.96. The van der Waals surface area contributed by atoms with Crippen LogP contribution in [0.15, 0.2) is 24.3 Å². The SMILES string of the molecule is COc1ccc(C(=O)N[C@@H](CCCCNC(=O)[C@@H](N)CC(C)C)C(=O)O)cc1. The highest BCUT2D eigenvalue weighted by Gasteiger charge is 2.20. The fourth-order valence-electron chi connectivity index (χ4n) is 2.67. The van der Waals surface area contributed by atoms with E-state index in [0.29, 0.717) is 43.0 Å². The number of carboxylic acid groups (broad SMARTS) is 1. The molecular weight excluding hydrogens is 362 g/mol. The molecule has 0 aliphatic rings. The summed E-state index contributed by atoms with van der Waals surface area (Å²) in [5.74, 6) is -0.794. The van der Waals surface area contributed by atoms with Crippen molar-refractivity contribution in [1.82, 2.24) is 10.6 Å². The first-order valence-electron chi connectivity index (χ1n) is 9.45. The van der Waals surface area contributed by atoms with Crippen molar-refractivity contribution < 1.29 is 24.2 Å². The number of benzene rings is 1. The Labute approximate surface area is 165 Å². The molecule has 0 heterocycles. The zero-order chi connectivity index (χ0) is 21.1. The average Bonchev–Trinajstić information content (AvgIpc) is 2.65. The highest BCUT2D eigenvalue weighted by Crippen LogP contribution is 2.12. The van der Waals surface area contributed by atoms with Gasteiger partial charge in [-0.2, -0.15) is 0 Å². The number of hydrogen-bond acceptors (Lipinski definition) is 5. The van der Waals surface area contributed by atoms with Crippen molar-refractivity contribution in [2.45, 2.75) is 51.6 Å². The maximum atomic E-state index is 12.2. The van der Waals surface area contributed by atoms with Gasteiger partial charge in [0.25, 0.3) is 5.91 Å². The van der Waals surface area contributed by atoms with E-state index in [2.05, 4.69) is 10.6 Å². The summed E-state index contributed by atoms with van der Waals surface area (Å²) in [5.41, 5.74) is 6.16. The van der Waals surface area contributed by atoms with Crippen LogP contribution in [-0.2, 0) is 9.59 Å². The number of hydrogen-bond donors (Lipinski definition) is 4. The van der Waals surface area contributed by atoms with Crippen LogP contribution in [0.5, 0.6) is 5.75 Å². The molecule has 0 aromatic heterocycles. The maximum absolute atomic E-state index is 12.2. The smallest absolute Gasteiger partial charge is 0.326 e. The molecule has 28 heavy (non-hydrogen) atoms. The fourth-order valence-corrected chi connectivity index (χ4v) is 2.67. The Balaban J connectivity index is 2.39. The first-order chi connectivity index (χ1) is 13.2. The first kappa shape index (κ1) is 23.4. The molecule has 1 aromatic rings. The van der Waals surface area contributed by atoms with Gasteiger partial charge < -0.3 is 26.2 Å². The zero-order valence-electron chi connectivity index (χ0n) is 16.7. The third-order valence-corrected chi connectivity index (χ3v) is 4.24. The van der Waals surface area contributed by atoms with E-state index < -0.39 is 24.0 Å². The molecule has 5 N–H and O–H groups in total. The Bertz CT molecular complexity index is 646. The van der Waals surface area contributed by atoms with Gasteiger partial charge in [0.2, 0.25) is 5.91 Å². The molecule has 0 bridgehead atoms. The van der Waals surface area contributed by atoms with Crippen LogP contribution in [0.1, 0.15) is 49.9 Å². The molecule has 0 unspecified atom stereocenters. The van der Waals surface area contributed by atoms with E-state index >= 15 is 0 Å². The van der Waals surface area contributed by atoms with Gasteiger partial charge in [-0.3, -0.25) is 9.59 Å². The lowest BCUT2D eigenvalue weighted by Crippen LogP contribution is -2.42. The van der Waals surface area contributed by atoms with Crippen LogP contribution in [0.3, 0.4) is 0 Å². The third kappa shape index (κ3) is 8.39. The number of carbonyl (C=O) groups excluding carboxylic acids is 2. The van der Waals surface area contributed by atoms with Gasteiger partial charge in [-0.05, 0) is 55.9 Å². The van der Waals surface area contributed by atoms with Crippen LogP contribution in [0.4, 0.5) is 0 Å². The number of methoxy groups -OCH3 is 1. The Hall–Kier alpha value is -2.61. The Morgan fingerprint density at radius 3 is 2.32 bits per heavy atom. The lowest BCUT2D eigenvalue weighted by molar-refractivity contribution is -0.139. The minimum absolute atomic E-state index is 0.198. The number of aliphatic carboxylic acids is 1. The van der Waals surface area contributed by atoms with Crippen molar-refractivity contribution in [3.05, 3.63) is 29.8 Å². The number of ether oxygens (including phenoxy) is 1. The average molecular weight is 393 g/mol. The van der Waals surface area contributed by atoms with E-state index in [9.17, 15) is 19.5 Å². The summed E-state index contributed by atoms with van der Waals surface area (Å²) >= 11 is 0.